The van der Waals surface area contributed by atoms with E-state index in [-0.39, 0.29) is 5.56 Å². The zero-order valence-corrected chi connectivity index (χ0v) is 14.1. The highest BCUT2D eigenvalue weighted by Crippen LogP contribution is 2.17. The van der Waals surface area contributed by atoms with Crippen LogP contribution in [-0.4, -0.2) is 20.7 Å². The Balaban J connectivity index is 1.73. The molecule has 0 saturated heterocycles. The number of pyridine rings is 1. The summed E-state index contributed by atoms with van der Waals surface area (Å²) in [4.78, 5) is 16.4. The van der Waals surface area contributed by atoms with E-state index in [0.29, 0.717) is 15.9 Å². The average Bonchev–Trinajstić information content (AvgIpc) is 2.95. The second-order valence-electron chi connectivity index (χ2n) is 4.77. The van der Waals surface area contributed by atoms with Gasteiger partial charge in [-0.15, -0.1) is 0 Å². The second kappa shape index (κ2) is 6.86. The van der Waals surface area contributed by atoms with Crippen LogP contribution in [0.1, 0.15) is 16.1 Å². The second-order valence-corrected chi connectivity index (χ2v) is 5.93. The molecule has 5 nitrogen and oxygen atoms in total. The van der Waals surface area contributed by atoms with Crippen LogP contribution in [0.2, 0.25) is 0 Å². The molecule has 23 heavy (non-hydrogen) atoms. The van der Waals surface area contributed by atoms with E-state index < -0.39 is 11.7 Å². The molecule has 0 atom stereocenters. The molecule has 0 aliphatic carbocycles. The lowest BCUT2D eigenvalue weighted by molar-refractivity contribution is 0.102. The van der Waals surface area contributed by atoms with Crippen LogP contribution >= 0.6 is 22.6 Å². The highest BCUT2D eigenvalue weighted by Gasteiger charge is 2.16. The van der Waals surface area contributed by atoms with Crippen LogP contribution in [0, 0.1) is 9.39 Å². The molecule has 1 amide bonds. The van der Waals surface area contributed by atoms with Crippen molar-refractivity contribution in [2.24, 2.45) is 0 Å². The molecular weight excluding hydrogens is 410 g/mol. The zero-order valence-electron chi connectivity index (χ0n) is 11.9. The van der Waals surface area contributed by atoms with Gasteiger partial charge in [0.15, 0.2) is 5.82 Å². The normalized spacial score (nSPS) is 10.5. The van der Waals surface area contributed by atoms with Crippen LogP contribution in [0.4, 0.5) is 10.2 Å². The number of carbonyl (C=O) groups excluding carboxylic acids is 1. The summed E-state index contributed by atoms with van der Waals surface area (Å²) in [6, 6.07) is 11.8. The Hall–Kier alpha value is -2.29. The summed E-state index contributed by atoms with van der Waals surface area (Å²) in [6.07, 6.45) is 3.44. The van der Waals surface area contributed by atoms with E-state index in [0.717, 1.165) is 5.69 Å². The molecule has 7 heteroatoms. The Morgan fingerprint density at radius 3 is 2.83 bits per heavy atom. The fraction of sp³-hybridized carbons (Fsp3) is 0.0625. The van der Waals surface area contributed by atoms with Crippen molar-refractivity contribution in [2.45, 2.75) is 6.54 Å². The zero-order chi connectivity index (χ0) is 16.2. The van der Waals surface area contributed by atoms with Crippen LogP contribution in [0.5, 0.6) is 0 Å². The first-order chi connectivity index (χ1) is 11.1. The van der Waals surface area contributed by atoms with E-state index in [9.17, 15) is 9.18 Å². The summed E-state index contributed by atoms with van der Waals surface area (Å²) in [5.41, 5.74) is 0.879. The quantitative estimate of drug-likeness (QED) is 0.657. The fourth-order valence-corrected chi connectivity index (χ4v) is 2.78. The van der Waals surface area contributed by atoms with Gasteiger partial charge in [-0.2, -0.15) is 5.10 Å². The Labute approximate surface area is 145 Å². The van der Waals surface area contributed by atoms with Gasteiger partial charge in [0.2, 0.25) is 0 Å². The topological polar surface area (TPSA) is 59.8 Å². The van der Waals surface area contributed by atoms with E-state index >= 15 is 0 Å². The molecule has 0 fully saturated rings. The van der Waals surface area contributed by atoms with Crippen LogP contribution in [0.25, 0.3) is 0 Å². The molecule has 0 aliphatic rings. The van der Waals surface area contributed by atoms with Gasteiger partial charge in [0.1, 0.15) is 5.82 Å². The number of amides is 1. The molecule has 0 unspecified atom stereocenters. The van der Waals surface area contributed by atoms with Crippen molar-refractivity contribution in [3.05, 3.63) is 75.5 Å². The SMILES string of the molecule is O=C(Nc1ccn(Cc2ccccn2)n1)c1c(F)cccc1I. The number of nitrogens with zero attached hydrogens (tertiary/aromatic N) is 3. The molecular formula is C16H12FIN4O. The number of anilines is 1. The minimum Gasteiger partial charge on any atom is -0.305 e. The number of nitrogens with one attached hydrogen (secondary N) is 1. The van der Waals surface area contributed by atoms with Gasteiger partial charge in [-0.3, -0.25) is 14.5 Å². The summed E-state index contributed by atoms with van der Waals surface area (Å²) < 4.78 is 16.0. The van der Waals surface area contributed by atoms with Crippen molar-refractivity contribution < 1.29 is 9.18 Å². The summed E-state index contributed by atoms with van der Waals surface area (Å²) in [7, 11) is 0. The predicted molar refractivity (Wildman–Crippen MR) is 92.6 cm³/mol. The maximum absolute atomic E-state index is 13.8. The van der Waals surface area contributed by atoms with Crippen molar-refractivity contribution in [1.82, 2.24) is 14.8 Å². The molecule has 2 heterocycles. The minimum atomic E-state index is -0.553. The van der Waals surface area contributed by atoms with Gasteiger partial charge in [0.25, 0.3) is 5.91 Å². The highest BCUT2D eigenvalue weighted by molar-refractivity contribution is 14.1. The average molecular weight is 422 g/mol. The lowest BCUT2D eigenvalue weighted by Gasteiger charge is -2.05. The van der Waals surface area contributed by atoms with Gasteiger partial charge >= 0.3 is 0 Å². The summed E-state index contributed by atoms with van der Waals surface area (Å²) in [6.45, 7) is 0.494. The van der Waals surface area contributed by atoms with Gasteiger partial charge in [-0.05, 0) is 46.9 Å². The predicted octanol–water partition coefficient (Wildman–Crippen LogP) is 3.32. The largest absolute Gasteiger partial charge is 0.305 e. The first-order valence-electron chi connectivity index (χ1n) is 6.82. The molecule has 1 aromatic carbocycles. The smallest absolute Gasteiger partial charge is 0.260 e. The van der Waals surface area contributed by atoms with Gasteiger partial charge in [0, 0.05) is 22.0 Å². The Morgan fingerprint density at radius 2 is 2.09 bits per heavy atom. The summed E-state index contributed by atoms with van der Waals surface area (Å²) in [5.74, 6) is -0.706. The van der Waals surface area contributed by atoms with Crippen molar-refractivity contribution in [3.8, 4) is 0 Å². The van der Waals surface area contributed by atoms with Crippen LogP contribution < -0.4 is 5.32 Å². The van der Waals surface area contributed by atoms with E-state index in [4.69, 9.17) is 0 Å². The first-order valence-corrected chi connectivity index (χ1v) is 7.90. The molecule has 0 spiro atoms. The van der Waals surface area contributed by atoms with E-state index in [1.54, 1.807) is 35.3 Å². The molecule has 3 rings (SSSR count). The molecule has 0 bridgehead atoms. The monoisotopic (exact) mass is 422 g/mol. The highest BCUT2D eigenvalue weighted by atomic mass is 127. The molecule has 116 valence electrons. The molecule has 1 N–H and O–H groups in total. The third-order valence-electron chi connectivity index (χ3n) is 3.12. The van der Waals surface area contributed by atoms with Crippen molar-refractivity contribution in [2.75, 3.05) is 5.32 Å². The number of aromatic nitrogens is 3. The number of rotatable bonds is 4. The number of halogens is 2. The Kier molecular flexibility index (Phi) is 4.65. The van der Waals surface area contributed by atoms with Gasteiger partial charge in [0.05, 0.1) is 17.8 Å². The van der Waals surface area contributed by atoms with Crippen LogP contribution in [0.15, 0.2) is 54.9 Å². The lowest BCUT2D eigenvalue weighted by atomic mass is 10.2. The number of hydrogen-bond acceptors (Lipinski definition) is 3. The molecule has 0 radical (unpaired) electrons. The van der Waals surface area contributed by atoms with Gasteiger partial charge in [-0.1, -0.05) is 12.1 Å². The van der Waals surface area contributed by atoms with Crippen molar-refractivity contribution >= 4 is 34.3 Å². The molecule has 2 aromatic heterocycles. The summed E-state index contributed by atoms with van der Waals surface area (Å²) >= 11 is 1.93. The third-order valence-corrected chi connectivity index (χ3v) is 4.02. The Morgan fingerprint density at radius 1 is 1.22 bits per heavy atom. The van der Waals surface area contributed by atoms with Gasteiger partial charge in [-0.25, -0.2) is 4.39 Å². The van der Waals surface area contributed by atoms with Gasteiger partial charge < -0.3 is 5.32 Å². The van der Waals surface area contributed by atoms with E-state index in [1.807, 2.05) is 40.8 Å². The number of hydrogen-bond donors (Lipinski definition) is 1. The number of carbonyl (C=O) groups is 1. The van der Waals surface area contributed by atoms with E-state index in [2.05, 4.69) is 15.4 Å². The Bertz CT molecular complexity index is 815. The minimum absolute atomic E-state index is 0.0207. The lowest BCUT2D eigenvalue weighted by Crippen LogP contribution is -2.16. The van der Waals surface area contributed by atoms with Crippen LogP contribution in [-0.2, 0) is 6.54 Å². The van der Waals surface area contributed by atoms with E-state index in [1.165, 1.54) is 6.07 Å². The maximum atomic E-state index is 13.8. The van der Waals surface area contributed by atoms with Crippen molar-refractivity contribution in [3.63, 3.8) is 0 Å². The molecule has 3 aromatic rings. The van der Waals surface area contributed by atoms with Crippen molar-refractivity contribution in [1.29, 1.82) is 0 Å². The first kappa shape index (κ1) is 15.6. The molecule has 0 saturated carbocycles. The fourth-order valence-electron chi connectivity index (χ4n) is 2.07. The molecule has 0 aliphatic heterocycles. The standard InChI is InChI=1S/C16H12FIN4O/c17-12-5-3-6-13(18)15(12)16(23)20-14-7-9-22(21-14)10-11-4-1-2-8-19-11/h1-9H,10H2,(H,20,21,23). The maximum Gasteiger partial charge on any atom is 0.260 e. The number of benzene rings is 1. The third kappa shape index (κ3) is 3.73. The summed E-state index contributed by atoms with van der Waals surface area (Å²) in [5, 5.41) is 6.86. The van der Waals surface area contributed by atoms with Crippen LogP contribution in [0.3, 0.4) is 0 Å².